The van der Waals surface area contributed by atoms with Gasteiger partial charge in [-0.15, -0.1) is 0 Å². The minimum Gasteiger partial charge on any atom is -0.352 e. The van der Waals surface area contributed by atoms with E-state index in [0.717, 1.165) is 52.9 Å². The SMILES string of the molecule is CCC(C(=O)NC1CCCC1)N(Cc1ccc(Cl)cc1)C(=O)CN(c1cccc(C)c1C)S(C)(=O)=O. The first-order chi connectivity index (χ1) is 17.0. The number of nitrogens with one attached hydrogen (secondary N) is 1. The fourth-order valence-electron chi connectivity index (χ4n) is 4.67. The summed E-state index contributed by atoms with van der Waals surface area (Å²) in [5.41, 5.74) is 2.97. The number of amides is 2. The third-order valence-corrected chi connectivity index (χ3v) is 8.26. The van der Waals surface area contributed by atoms with Gasteiger partial charge in [0.25, 0.3) is 0 Å². The van der Waals surface area contributed by atoms with Gasteiger partial charge in [0.05, 0.1) is 11.9 Å². The number of hydrogen-bond acceptors (Lipinski definition) is 4. The van der Waals surface area contributed by atoms with Gasteiger partial charge in [-0.05, 0) is 68.0 Å². The number of aryl methyl sites for hydroxylation is 1. The quantitative estimate of drug-likeness (QED) is 0.484. The van der Waals surface area contributed by atoms with Crippen molar-refractivity contribution in [1.29, 1.82) is 0 Å². The van der Waals surface area contributed by atoms with Crippen LogP contribution < -0.4 is 9.62 Å². The number of hydrogen-bond donors (Lipinski definition) is 1. The summed E-state index contributed by atoms with van der Waals surface area (Å²) in [5, 5.41) is 3.68. The number of rotatable bonds is 10. The Kier molecular flexibility index (Phi) is 9.41. The lowest BCUT2D eigenvalue weighted by molar-refractivity contribution is -0.140. The van der Waals surface area contributed by atoms with Gasteiger partial charge < -0.3 is 10.2 Å². The van der Waals surface area contributed by atoms with Crippen molar-refractivity contribution in [3.8, 4) is 0 Å². The van der Waals surface area contributed by atoms with E-state index in [1.165, 1.54) is 4.90 Å². The monoisotopic (exact) mass is 533 g/mol. The normalized spacial score (nSPS) is 14.9. The van der Waals surface area contributed by atoms with Crippen molar-refractivity contribution in [3.05, 3.63) is 64.2 Å². The Hall–Kier alpha value is -2.58. The van der Waals surface area contributed by atoms with Gasteiger partial charge in [0.2, 0.25) is 21.8 Å². The van der Waals surface area contributed by atoms with Crippen LogP contribution in [-0.2, 0) is 26.2 Å². The molecular formula is C27H36ClN3O4S. The molecule has 9 heteroatoms. The zero-order valence-electron chi connectivity index (χ0n) is 21.5. The van der Waals surface area contributed by atoms with Crippen LogP contribution in [0.1, 0.15) is 55.7 Å². The third kappa shape index (κ3) is 7.01. The summed E-state index contributed by atoms with van der Waals surface area (Å²) in [7, 11) is -3.77. The topological polar surface area (TPSA) is 86.8 Å². The Labute approximate surface area is 219 Å². The molecule has 1 N–H and O–H groups in total. The van der Waals surface area contributed by atoms with Crippen molar-refractivity contribution in [3.63, 3.8) is 0 Å². The smallest absolute Gasteiger partial charge is 0.244 e. The number of benzene rings is 2. The van der Waals surface area contributed by atoms with Crippen LogP contribution >= 0.6 is 11.6 Å². The summed E-state index contributed by atoms with van der Waals surface area (Å²) >= 11 is 6.04. The van der Waals surface area contributed by atoms with Crippen LogP contribution in [-0.4, -0.2) is 50.0 Å². The van der Waals surface area contributed by atoms with Crippen molar-refractivity contribution in [2.75, 3.05) is 17.1 Å². The molecule has 0 aromatic heterocycles. The average Bonchev–Trinajstić information content (AvgIpc) is 3.33. The third-order valence-electron chi connectivity index (χ3n) is 6.88. The highest BCUT2D eigenvalue weighted by molar-refractivity contribution is 7.92. The largest absolute Gasteiger partial charge is 0.352 e. The number of halogens is 1. The maximum Gasteiger partial charge on any atom is 0.244 e. The van der Waals surface area contributed by atoms with Gasteiger partial charge in [-0.3, -0.25) is 13.9 Å². The minimum absolute atomic E-state index is 0.112. The zero-order valence-corrected chi connectivity index (χ0v) is 23.0. The van der Waals surface area contributed by atoms with Gasteiger partial charge in [0, 0.05) is 17.6 Å². The molecule has 196 valence electrons. The molecule has 1 aliphatic rings. The fraction of sp³-hybridized carbons (Fsp3) is 0.481. The van der Waals surface area contributed by atoms with Gasteiger partial charge in [-0.25, -0.2) is 8.42 Å². The number of carbonyl (C=O) groups excluding carboxylic acids is 2. The molecule has 1 aliphatic carbocycles. The molecular weight excluding hydrogens is 498 g/mol. The molecule has 2 aromatic rings. The molecule has 0 bridgehead atoms. The highest BCUT2D eigenvalue weighted by Crippen LogP contribution is 2.26. The Morgan fingerprint density at radius 3 is 2.31 bits per heavy atom. The van der Waals surface area contributed by atoms with E-state index in [1.807, 2.05) is 39.0 Å². The molecule has 7 nitrogen and oxygen atoms in total. The van der Waals surface area contributed by atoms with E-state index >= 15 is 0 Å². The van der Waals surface area contributed by atoms with Gasteiger partial charge in [-0.1, -0.05) is 55.6 Å². The first-order valence-electron chi connectivity index (χ1n) is 12.4. The molecule has 1 unspecified atom stereocenters. The Balaban J connectivity index is 1.94. The second-order valence-corrected chi connectivity index (χ2v) is 11.9. The molecule has 1 atom stereocenters. The lowest BCUT2D eigenvalue weighted by Gasteiger charge is -2.33. The second kappa shape index (κ2) is 12.1. The summed E-state index contributed by atoms with van der Waals surface area (Å²) < 4.78 is 26.8. The van der Waals surface area contributed by atoms with Crippen LogP contribution in [0.4, 0.5) is 5.69 Å². The van der Waals surface area contributed by atoms with E-state index in [1.54, 1.807) is 24.3 Å². The molecule has 1 fully saturated rings. The fourth-order valence-corrected chi connectivity index (χ4v) is 5.70. The lowest BCUT2D eigenvalue weighted by Crippen LogP contribution is -2.53. The van der Waals surface area contributed by atoms with E-state index in [4.69, 9.17) is 11.6 Å². The van der Waals surface area contributed by atoms with E-state index in [2.05, 4.69) is 5.32 Å². The van der Waals surface area contributed by atoms with Gasteiger partial charge >= 0.3 is 0 Å². The molecule has 0 radical (unpaired) electrons. The summed E-state index contributed by atoms with van der Waals surface area (Å²) in [6.45, 7) is 5.36. The van der Waals surface area contributed by atoms with Gasteiger partial charge in [0.15, 0.2) is 0 Å². The number of anilines is 1. The van der Waals surface area contributed by atoms with E-state index in [-0.39, 0.29) is 18.5 Å². The Morgan fingerprint density at radius 1 is 1.08 bits per heavy atom. The van der Waals surface area contributed by atoms with Crippen LogP contribution in [0.5, 0.6) is 0 Å². The van der Waals surface area contributed by atoms with Crippen molar-refractivity contribution in [2.45, 2.75) is 71.5 Å². The summed E-state index contributed by atoms with van der Waals surface area (Å²) in [5.74, 6) is -0.644. The van der Waals surface area contributed by atoms with Crippen LogP contribution in [0.3, 0.4) is 0 Å². The molecule has 0 spiro atoms. The Morgan fingerprint density at radius 2 is 1.72 bits per heavy atom. The van der Waals surface area contributed by atoms with E-state index in [0.29, 0.717) is 17.1 Å². The maximum atomic E-state index is 13.8. The first kappa shape index (κ1) is 28.0. The number of nitrogens with zero attached hydrogens (tertiary/aromatic N) is 2. The van der Waals surface area contributed by atoms with Crippen LogP contribution in [0, 0.1) is 13.8 Å². The summed E-state index contributed by atoms with van der Waals surface area (Å²) in [6, 6.07) is 11.8. The summed E-state index contributed by atoms with van der Waals surface area (Å²) in [4.78, 5) is 28.6. The molecule has 0 saturated heterocycles. The predicted octanol–water partition coefficient (Wildman–Crippen LogP) is 4.59. The number of sulfonamides is 1. The lowest BCUT2D eigenvalue weighted by atomic mass is 10.1. The zero-order chi connectivity index (χ0) is 26.5. The first-order valence-corrected chi connectivity index (χ1v) is 14.6. The second-order valence-electron chi connectivity index (χ2n) is 9.55. The molecule has 0 aliphatic heterocycles. The Bertz CT molecular complexity index is 1180. The highest BCUT2D eigenvalue weighted by Gasteiger charge is 2.33. The van der Waals surface area contributed by atoms with Crippen LogP contribution in [0.15, 0.2) is 42.5 Å². The molecule has 3 rings (SSSR count). The van der Waals surface area contributed by atoms with E-state index < -0.39 is 28.5 Å². The van der Waals surface area contributed by atoms with Crippen LogP contribution in [0.2, 0.25) is 5.02 Å². The van der Waals surface area contributed by atoms with Crippen molar-refractivity contribution >= 4 is 39.1 Å². The average molecular weight is 534 g/mol. The highest BCUT2D eigenvalue weighted by atomic mass is 35.5. The summed E-state index contributed by atoms with van der Waals surface area (Å²) in [6.07, 6.45) is 5.52. The van der Waals surface area contributed by atoms with Crippen LogP contribution in [0.25, 0.3) is 0 Å². The van der Waals surface area contributed by atoms with Crippen molar-refractivity contribution in [2.24, 2.45) is 0 Å². The predicted molar refractivity (Wildman–Crippen MR) is 145 cm³/mol. The minimum atomic E-state index is -3.77. The maximum absolute atomic E-state index is 13.8. The molecule has 0 heterocycles. The van der Waals surface area contributed by atoms with Crippen molar-refractivity contribution in [1.82, 2.24) is 10.2 Å². The van der Waals surface area contributed by atoms with Crippen molar-refractivity contribution < 1.29 is 18.0 Å². The molecule has 2 aromatic carbocycles. The molecule has 2 amide bonds. The molecule has 36 heavy (non-hydrogen) atoms. The van der Waals surface area contributed by atoms with Gasteiger partial charge in [0.1, 0.15) is 12.6 Å². The molecule has 1 saturated carbocycles. The standard InChI is InChI=1S/C27H36ClN3O4S/c1-5-24(27(33)29-23-10-6-7-11-23)30(17-21-13-15-22(28)16-14-21)26(32)18-31(36(4,34)35)25-12-8-9-19(2)20(25)3/h8-9,12-16,23-24H,5-7,10-11,17-18H2,1-4H3,(H,29,33). The number of carbonyl (C=O) groups is 2. The van der Waals surface area contributed by atoms with E-state index in [9.17, 15) is 18.0 Å². The van der Waals surface area contributed by atoms with Gasteiger partial charge in [-0.2, -0.15) is 0 Å².